The van der Waals surface area contributed by atoms with Gasteiger partial charge in [0.05, 0.1) is 0 Å². The van der Waals surface area contributed by atoms with Gasteiger partial charge in [0.15, 0.2) is 6.10 Å². The van der Waals surface area contributed by atoms with E-state index in [4.69, 9.17) is 14.2 Å². The van der Waals surface area contributed by atoms with Gasteiger partial charge in [0.1, 0.15) is 13.2 Å². The van der Waals surface area contributed by atoms with Gasteiger partial charge in [-0.2, -0.15) is 0 Å². The third-order valence-electron chi connectivity index (χ3n) is 10.2. The van der Waals surface area contributed by atoms with Gasteiger partial charge in [-0.15, -0.1) is 0 Å². The van der Waals surface area contributed by atoms with Crippen LogP contribution in [0, 0.1) is 11.8 Å². The van der Waals surface area contributed by atoms with Gasteiger partial charge in [-0.05, 0) is 31.1 Å². The molecule has 0 heterocycles. The first-order valence-electron chi connectivity index (χ1n) is 22.7. The normalized spacial score (nSPS) is 12.1. The van der Waals surface area contributed by atoms with Crippen molar-refractivity contribution < 1.29 is 28.6 Å². The predicted molar refractivity (Wildman–Crippen MR) is 220 cm³/mol. The van der Waals surface area contributed by atoms with E-state index in [0.717, 1.165) is 69.6 Å². The Kier molecular flexibility index (Phi) is 37.9. The minimum Gasteiger partial charge on any atom is -0.462 e. The molecule has 0 aliphatic rings. The van der Waals surface area contributed by atoms with Crippen LogP contribution >= 0.6 is 0 Å². The summed E-state index contributed by atoms with van der Waals surface area (Å²) in [5, 5.41) is 0. The average Bonchev–Trinajstić information content (AvgIpc) is 3.11. The summed E-state index contributed by atoms with van der Waals surface area (Å²) in [5.41, 5.74) is 0. The summed E-state index contributed by atoms with van der Waals surface area (Å²) in [6.07, 6.45) is 36.6. The fourth-order valence-corrected chi connectivity index (χ4v) is 6.75. The van der Waals surface area contributed by atoms with Gasteiger partial charge in [-0.1, -0.05) is 208 Å². The van der Waals surface area contributed by atoms with Gasteiger partial charge in [-0.25, -0.2) is 0 Å². The first-order chi connectivity index (χ1) is 25.2. The summed E-state index contributed by atoms with van der Waals surface area (Å²) in [6.45, 7) is 11.3. The third kappa shape index (κ3) is 39.6. The molecular weight excluding hydrogens is 648 g/mol. The van der Waals surface area contributed by atoms with Crippen molar-refractivity contribution in [2.24, 2.45) is 11.8 Å². The Morgan fingerprint density at radius 2 is 0.635 bits per heavy atom. The van der Waals surface area contributed by atoms with E-state index in [-0.39, 0.29) is 31.1 Å². The van der Waals surface area contributed by atoms with Crippen LogP contribution in [0.3, 0.4) is 0 Å². The van der Waals surface area contributed by atoms with E-state index in [1.165, 1.54) is 135 Å². The van der Waals surface area contributed by atoms with Crippen LogP contribution in [0.4, 0.5) is 0 Å². The molecule has 6 heteroatoms. The molecule has 0 amide bonds. The number of carbonyl (C=O) groups excluding carboxylic acids is 3. The number of esters is 3. The van der Waals surface area contributed by atoms with Crippen LogP contribution < -0.4 is 0 Å². The minimum atomic E-state index is -0.760. The van der Waals surface area contributed by atoms with Gasteiger partial charge in [0, 0.05) is 19.3 Å². The molecule has 0 bridgehead atoms. The topological polar surface area (TPSA) is 78.9 Å². The molecule has 0 radical (unpaired) electrons. The molecule has 0 rings (SSSR count). The van der Waals surface area contributed by atoms with Crippen molar-refractivity contribution in [1.29, 1.82) is 0 Å². The molecule has 0 spiro atoms. The van der Waals surface area contributed by atoms with Crippen molar-refractivity contribution in [3.8, 4) is 0 Å². The van der Waals surface area contributed by atoms with Gasteiger partial charge >= 0.3 is 17.9 Å². The van der Waals surface area contributed by atoms with E-state index in [2.05, 4.69) is 34.6 Å². The fraction of sp³-hybridized carbons (Fsp3) is 0.935. The maximum Gasteiger partial charge on any atom is 0.306 e. The molecule has 0 unspecified atom stereocenters. The van der Waals surface area contributed by atoms with Crippen LogP contribution in [0.1, 0.15) is 247 Å². The van der Waals surface area contributed by atoms with Crippen LogP contribution in [0.15, 0.2) is 0 Å². The Balaban J connectivity index is 4.34. The zero-order valence-electron chi connectivity index (χ0n) is 35.4. The van der Waals surface area contributed by atoms with E-state index in [0.29, 0.717) is 19.3 Å². The van der Waals surface area contributed by atoms with Crippen molar-refractivity contribution >= 4 is 17.9 Å². The average molecular weight is 737 g/mol. The Morgan fingerprint density at radius 3 is 0.942 bits per heavy atom. The second kappa shape index (κ2) is 39.1. The first-order valence-corrected chi connectivity index (χ1v) is 22.7. The maximum absolute atomic E-state index is 12.7. The molecule has 0 saturated carbocycles. The van der Waals surface area contributed by atoms with Gasteiger partial charge in [0.25, 0.3) is 0 Å². The van der Waals surface area contributed by atoms with Crippen LogP contribution in [-0.2, 0) is 28.6 Å². The van der Waals surface area contributed by atoms with E-state index in [1.807, 2.05) is 0 Å². The lowest BCUT2D eigenvalue weighted by Crippen LogP contribution is -2.30. The highest BCUT2D eigenvalue weighted by Gasteiger charge is 2.19. The van der Waals surface area contributed by atoms with E-state index in [9.17, 15) is 14.4 Å². The molecular formula is C46H88O6. The molecule has 1 atom stereocenters. The second-order valence-corrected chi connectivity index (χ2v) is 16.6. The molecule has 308 valence electrons. The Morgan fingerprint density at radius 1 is 0.365 bits per heavy atom. The van der Waals surface area contributed by atoms with Crippen molar-refractivity contribution in [3.63, 3.8) is 0 Å². The van der Waals surface area contributed by atoms with Gasteiger partial charge in [-0.3, -0.25) is 14.4 Å². The highest BCUT2D eigenvalue weighted by Crippen LogP contribution is 2.16. The highest BCUT2D eigenvalue weighted by molar-refractivity contribution is 5.71. The SMILES string of the molecule is CCCCCCCCCCCCCCC(=O)O[C@H](COC(=O)CCCCCCCCCCCC(C)C)COC(=O)CCCCCCCCCC(C)C. The quantitative estimate of drug-likeness (QED) is 0.0354. The summed E-state index contributed by atoms with van der Waals surface area (Å²) < 4.78 is 16.7. The van der Waals surface area contributed by atoms with Crippen LogP contribution in [0.5, 0.6) is 0 Å². The fourth-order valence-electron chi connectivity index (χ4n) is 6.75. The molecule has 0 aromatic rings. The smallest absolute Gasteiger partial charge is 0.306 e. The number of hydrogen-bond acceptors (Lipinski definition) is 6. The number of hydrogen-bond donors (Lipinski definition) is 0. The Labute approximate surface area is 323 Å². The summed E-state index contributed by atoms with van der Waals surface area (Å²) in [7, 11) is 0. The Bertz CT molecular complexity index is 794. The van der Waals surface area contributed by atoms with Gasteiger partial charge < -0.3 is 14.2 Å². The molecule has 0 aromatic heterocycles. The number of ether oxygens (including phenoxy) is 3. The van der Waals surface area contributed by atoms with Crippen LogP contribution in [0.25, 0.3) is 0 Å². The maximum atomic E-state index is 12.7. The van der Waals surface area contributed by atoms with Crippen LogP contribution in [0.2, 0.25) is 0 Å². The summed E-state index contributed by atoms with van der Waals surface area (Å²) in [4.78, 5) is 37.7. The van der Waals surface area contributed by atoms with Crippen molar-refractivity contribution in [1.82, 2.24) is 0 Å². The van der Waals surface area contributed by atoms with E-state index >= 15 is 0 Å². The van der Waals surface area contributed by atoms with Crippen molar-refractivity contribution in [3.05, 3.63) is 0 Å². The van der Waals surface area contributed by atoms with Crippen molar-refractivity contribution in [2.45, 2.75) is 253 Å². The molecule has 0 N–H and O–H groups in total. The standard InChI is InChI=1S/C46H88O6/c1-6-7-8-9-10-11-12-13-16-22-28-33-38-46(49)52-43(40-51-45(48)37-32-27-23-18-20-25-30-35-42(4)5)39-50-44(47)36-31-26-21-17-14-15-19-24-29-34-41(2)3/h41-43H,6-40H2,1-5H3/t43-/m1/s1. The summed E-state index contributed by atoms with van der Waals surface area (Å²) >= 11 is 0. The first kappa shape index (κ1) is 50.4. The molecule has 0 aromatic carbocycles. The lowest BCUT2D eigenvalue weighted by Gasteiger charge is -2.18. The van der Waals surface area contributed by atoms with Gasteiger partial charge in [0.2, 0.25) is 0 Å². The largest absolute Gasteiger partial charge is 0.462 e. The number of unbranched alkanes of at least 4 members (excludes halogenated alkanes) is 25. The Hall–Kier alpha value is -1.59. The monoisotopic (exact) mass is 737 g/mol. The lowest BCUT2D eigenvalue weighted by atomic mass is 10.0. The number of rotatable bonds is 40. The second-order valence-electron chi connectivity index (χ2n) is 16.6. The zero-order valence-corrected chi connectivity index (χ0v) is 35.4. The third-order valence-corrected chi connectivity index (χ3v) is 10.2. The number of carbonyl (C=O) groups is 3. The predicted octanol–water partition coefficient (Wildman–Crippen LogP) is 14.2. The molecule has 0 aliphatic carbocycles. The minimum absolute atomic E-state index is 0.0656. The highest BCUT2D eigenvalue weighted by atomic mass is 16.6. The van der Waals surface area contributed by atoms with E-state index < -0.39 is 6.10 Å². The lowest BCUT2D eigenvalue weighted by molar-refractivity contribution is -0.167. The van der Waals surface area contributed by atoms with E-state index in [1.54, 1.807) is 0 Å². The van der Waals surface area contributed by atoms with Crippen LogP contribution in [-0.4, -0.2) is 37.2 Å². The molecule has 0 aliphatic heterocycles. The molecule has 0 saturated heterocycles. The van der Waals surface area contributed by atoms with Crippen molar-refractivity contribution in [2.75, 3.05) is 13.2 Å². The zero-order chi connectivity index (χ0) is 38.3. The summed E-state index contributed by atoms with van der Waals surface area (Å²) in [5.74, 6) is 0.729. The molecule has 52 heavy (non-hydrogen) atoms. The molecule has 0 fully saturated rings. The molecule has 6 nitrogen and oxygen atoms in total. The summed E-state index contributed by atoms with van der Waals surface area (Å²) in [6, 6.07) is 0.